The van der Waals surface area contributed by atoms with Crippen molar-refractivity contribution in [1.82, 2.24) is 4.98 Å². The largest absolute Gasteiger partial charge is 0.493 e. The number of fused-ring (bicyclic) bond motifs is 1. The van der Waals surface area contributed by atoms with Crippen LogP contribution in [0.25, 0.3) is 11.6 Å². The molecule has 2 heterocycles. The molecule has 6 heteroatoms. The number of benzene rings is 1. The van der Waals surface area contributed by atoms with Gasteiger partial charge in [0, 0.05) is 23.4 Å². The predicted octanol–water partition coefficient (Wildman–Crippen LogP) is 3.07. The van der Waals surface area contributed by atoms with E-state index in [0.29, 0.717) is 11.3 Å². The molecule has 1 aromatic heterocycles. The first kappa shape index (κ1) is 12.6. The van der Waals surface area contributed by atoms with E-state index >= 15 is 0 Å². The Morgan fingerprint density at radius 3 is 3.00 bits per heavy atom. The van der Waals surface area contributed by atoms with Crippen LogP contribution in [0.15, 0.2) is 30.5 Å². The highest BCUT2D eigenvalue weighted by molar-refractivity contribution is 6.35. The molecule has 1 aliphatic heterocycles. The van der Waals surface area contributed by atoms with E-state index in [9.17, 15) is 14.3 Å². The molecule has 0 fully saturated rings. The van der Waals surface area contributed by atoms with Crippen LogP contribution in [-0.2, 0) is 4.79 Å². The second-order valence-corrected chi connectivity index (χ2v) is 4.65. The van der Waals surface area contributed by atoms with Gasteiger partial charge in [0.2, 0.25) is 5.88 Å². The number of aromatic hydroxyl groups is 1. The molecule has 3 rings (SSSR count). The Morgan fingerprint density at radius 2 is 2.20 bits per heavy atom. The molecule has 0 radical (unpaired) electrons. The Balaban J connectivity index is 2.14. The van der Waals surface area contributed by atoms with E-state index < -0.39 is 5.82 Å². The van der Waals surface area contributed by atoms with E-state index in [4.69, 9.17) is 11.6 Å². The summed E-state index contributed by atoms with van der Waals surface area (Å²) in [7, 11) is 0. The first-order chi connectivity index (χ1) is 9.56. The van der Waals surface area contributed by atoms with Crippen LogP contribution >= 0.6 is 11.6 Å². The van der Waals surface area contributed by atoms with Crippen LogP contribution in [0, 0.1) is 5.82 Å². The molecule has 2 N–H and O–H groups in total. The van der Waals surface area contributed by atoms with Gasteiger partial charge in [-0.1, -0.05) is 23.7 Å². The van der Waals surface area contributed by atoms with Crippen molar-refractivity contribution in [2.45, 2.75) is 0 Å². The van der Waals surface area contributed by atoms with Crippen LogP contribution in [0.5, 0.6) is 5.88 Å². The van der Waals surface area contributed by atoms with E-state index in [1.807, 2.05) is 0 Å². The maximum atomic E-state index is 13.9. The van der Waals surface area contributed by atoms with E-state index in [1.165, 1.54) is 30.5 Å². The van der Waals surface area contributed by atoms with Crippen LogP contribution < -0.4 is 5.32 Å². The lowest BCUT2D eigenvalue weighted by molar-refractivity contribution is -0.110. The molecule has 2 aromatic rings. The van der Waals surface area contributed by atoms with Crippen molar-refractivity contribution in [2.75, 3.05) is 5.32 Å². The molecule has 0 aliphatic carbocycles. The van der Waals surface area contributed by atoms with E-state index in [0.717, 1.165) is 0 Å². The standard InChI is InChI=1S/C14H8ClFN2O2/c15-10-3-1-2-7(13(10)16)4-8-9-6-17-12(19)5-11(9)18-14(8)20/h1-6H,(H,17,19)(H,18,20)/b8-4-. The Morgan fingerprint density at radius 1 is 1.40 bits per heavy atom. The maximum absolute atomic E-state index is 13.9. The summed E-state index contributed by atoms with van der Waals surface area (Å²) >= 11 is 5.71. The minimum atomic E-state index is -0.588. The summed E-state index contributed by atoms with van der Waals surface area (Å²) in [5, 5.41) is 11.8. The van der Waals surface area contributed by atoms with Gasteiger partial charge in [-0.2, -0.15) is 0 Å². The van der Waals surface area contributed by atoms with Gasteiger partial charge >= 0.3 is 0 Å². The summed E-state index contributed by atoms with van der Waals surface area (Å²) in [5.74, 6) is -1.17. The number of hydrogen-bond acceptors (Lipinski definition) is 3. The summed E-state index contributed by atoms with van der Waals surface area (Å²) in [6, 6.07) is 5.89. The fourth-order valence-electron chi connectivity index (χ4n) is 2.01. The number of aromatic nitrogens is 1. The maximum Gasteiger partial charge on any atom is 0.256 e. The Bertz CT molecular complexity index is 759. The van der Waals surface area contributed by atoms with Gasteiger partial charge in [-0.3, -0.25) is 4.79 Å². The van der Waals surface area contributed by atoms with Gasteiger partial charge < -0.3 is 10.4 Å². The minimum Gasteiger partial charge on any atom is -0.493 e. The molecule has 100 valence electrons. The zero-order valence-corrected chi connectivity index (χ0v) is 10.8. The van der Waals surface area contributed by atoms with Crippen LogP contribution in [0.4, 0.5) is 10.1 Å². The van der Waals surface area contributed by atoms with Crippen LogP contribution in [0.1, 0.15) is 11.1 Å². The van der Waals surface area contributed by atoms with Gasteiger partial charge in [-0.05, 0) is 12.1 Å². The molecule has 1 amide bonds. The number of carbonyl (C=O) groups excluding carboxylic acids is 1. The van der Waals surface area contributed by atoms with Crippen molar-refractivity contribution in [2.24, 2.45) is 0 Å². The van der Waals surface area contributed by atoms with E-state index in [-0.39, 0.29) is 27.9 Å². The number of rotatable bonds is 1. The highest BCUT2D eigenvalue weighted by atomic mass is 35.5. The molecule has 20 heavy (non-hydrogen) atoms. The number of halogens is 2. The van der Waals surface area contributed by atoms with Crippen LogP contribution in [-0.4, -0.2) is 16.0 Å². The number of pyridine rings is 1. The smallest absolute Gasteiger partial charge is 0.256 e. The fourth-order valence-corrected chi connectivity index (χ4v) is 2.19. The summed E-state index contributed by atoms with van der Waals surface area (Å²) in [6.45, 7) is 0. The third-order valence-corrected chi connectivity index (χ3v) is 3.25. The van der Waals surface area contributed by atoms with Gasteiger partial charge in [-0.25, -0.2) is 9.37 Å². The minimum absolute atomic E-state index is 0.0122. The first-order valence-electron chi connectivity index (χ1n) is 5.72. The summed E-state index contributed by atoms with van der Waals surface area (Å²) in [6.07, 6.45) is 2.76. The average molecular weight is 291 g/mol. The zero-order valence-electron chi connectivity index (χ0n) is 10.0. The highest BCUT2D eigenvalue weighted by Gasteiger charge is 2.25. The number of carbonyl (C=O) groups is 1. The predicted molar refractivity (Wildman–Crippen MR) is 73.8 cm³/mol. The second-order valence-electron chi connectivity index (χ2n) is 4.24. The van der Waals surface area contributed by atoms with Gasteiger partial charge in [0.1, 0.15) is 5.82 Å². The lowest BCUT2D eigenvalue weighted by Crippen LogP contribution is -2.03. The summed E-state index contributed by atoms with van der Waals surface area (Å²) in [5.41, 5.74) is 1.43. The topological polar surface area (TPSA) is 62.2 Å². The number of nitrogens with zero attached hydrogens (tertiary/aromatic N) is 1. The number of hydrogen-bond donors (Lipinski definition) is 2. The summed E-state index contributed by atoms with van der Waals surface area (Å²) in [4.78, 5) is 15.6. The molecule has 0 atom stereocenters. The average Bonchev–Trinajstić information content (AvgIpc) is 2.70. The molecular formula is C14H8ClFN2O2. The SMILES string of the molecule is O=C1Nc2cc(O)ncc2/C1=C/c1cccc(Cl)c1F. The monoisotopic (exact) mass is 290 g/mol. The van der Waals surface area contributed by atoms with E-state index in [1.54, 1.807) is 6.07 Å². The Hall–Kier alpha value is -2.40. The number of anilines is 1. The number of nitrogens with one attached hydrogen (secondary N) is 1. The first-order valence-corrected chi connectivity index (χ1v) is 6.10. The van der Waals surface area contributed by atoms with Crippen molar-refractivity contribution in [1.29, 1.82) is 0 Å². The number of amides is 1. The van der Waals surface area contributed by atoms with Crippen molar-refractivity contribution in [3.63, 3.8) is 0 Å². The molecular weight excluding hydrogens is 283 g/mol. The van der Waals surface area contributed by atoms with Crippen LogP contribution in [0.2, 0.25) is 5.02 Å². The van der Waals surface area contributed by atoms with Crippen LogP contribution in [0.3, 0.4) is 0 Å². The van der Waals surface area contributed by atoms with Crippen molar-refractivity contribution in [3.8, 4) is 5.88 Å². The molecule has 1 aromatic carbocycles. The second kappa shape index (κ2) is 4.61. The van der Waals surface area contributed by atoms with Gasteiger partial charge in [0.15, 0.2) is 0 Å². The zero-order chi connectivity index (χ0) is 14.3. The van der Waals surface area contributed by atoms with Crippen molar-refractivity contribution in [3.05, 3.63) is 52.4 Å². The van der Waals surface area contributed by atoms with Gasteiger partial charge in [-0.15, -0.1) is 0 Å². The van der Waals surface area contributed by atoms with Crippen molar-refractivity contribution >= 4 is 34.8 Å². The summed E-state index contributed by atoms with van der Waals surface area (Å²) < 4.78 is 13.9. The normalized spacial score (nSPS) is 15.3. The van der Waals surface area contributed by atoms with Gasteiger partial charge in [0.05, 0.1) is 16.3 Å². The molecule has 0 saturated carbocycles. The van der Waals surface area contributed by atoms with Crippen molar-refractivity contribution < 1.29 is 14.3 Å². The lowest BCUT2D eigenvalue weighted by Gasteiger charge is -2.01. The lowest BCUT2D eigenvalue weighted by atomic mass is 10.1. The highest BCUT2D eigenvalue weighted by Crippen LogP contribution is 2.34. The molecule has 0 spiro atoms. The van der Waals surface area contributed by atoms with E-state index in [2.05, 4.69) is 10.3 Å². The Kier molecular flexibility index (Phi) is 2.91. The molecule has 0 unspecified atom stereocenters. The molecule has 4 nitrogen and oxygen atoms in total. The fraction of sp³-hybridized carbons (Fsp3) is 0. The molecule has 0 saturated heterocycles. The molecule has 1 aliphatic rings. The van der Waals surface area contributed by atoms with Gasteiger partial charge in [0.25, 0.3) is 5.91 Å². The quantitative estimate of drug-likeness (QED) is 0.794. The third-order valence-electron chi connectivity index (χ3n) is 2.95. The third kappa shape index (κ3) is 2.02. The molecule has 0 bridgehead atoms. The Labute approximate surface area is 118 Å².